The van der Waals surface area contributed by atoms with Crippen molar-refractivity contribution in [1.29, 1.82) is 0 Å². The van der Waals surface area contributed by atoms with Crippen LogP contribution in [0.2, 0.25) is 0 Å². The van der Waals surface area contributed by atoms with Crippen LogP contribution in [0.4, 0.5) is 9.93 Å². The molecule has 3 N–H and O–H groups in total. The summed E-state index contributed by atoms with van der Waals surface area (Å²) in [6.07, 6.45) is 1.29. The van der Waals surface area contributed by atoms with Crippen LogP contribution in [0.25, 0.3) is 0 Å². The SMILES string of the molecule is COC(=O)[C@H](N)Cc1cnc(NC(=O)OC(C)(C)C)s1. The minimum atomic E-state index is -0.741. The molecular weight excluding hydrogens is 282 g/mol. The Morgan fingerprint density at radius 3 is 2.70 bits per heavy atom. The summed E-state index contributed by atoms with van der Waals surface area (Å²) < 4.78 is 9.65. The summed E-state index contributed by atoms with van der Waals surface area (Å²) in [4.78, 5) is 27.5. The molecule has 1 aromatic rings. The molecule has 8 heteroatoms. The second-order valence-corrected chi connectivity index (χ2v) is 6.21. The molecule has 7 nitrogen and oxygen atoms in total. The summed E-state index contributed by atoms with van der Waals surface area (Å²) in [7, 11) is 1.28. The average Bonchev–Trinajstić information content (AvgIpc) is 2.72. The van der Waals surface area contributed by atoms with Crippen molar-refractivity contribution in [2.45, 2.75) is 38.8 Å². The van der Waals surface area contributed by atoms with Crippen LogP contribution in [0, 0.1) is 0 Å². The Balaban J connectivity index is 2.55. The summed E-state index contributed by atoms with van der Waals surface area (Å²) in [5, 5.41) is 2.92. The summed E-state index contributed by atoms with van der Waals surface area (Å²) in [6, 6.07) is -0.741. The molecule has 0 bridgehead atoms. The number of nitrogens with one attached hydrogen (secondary N) is 1. The van der Waals surface area contributed by atoms with Crippen LogP contribution in [-0.2, 0) is 20.7 Å². The van der Waals surface area contributed by atoms with E-state index in [2.05, 4.69) is 15.0 Å². The zero-order valence-electron chi connectivity index (χ0n) is 11.9. The number of hydrogen-bond acceptors (Lipinski definition) is 7. The van der Waals surface area contributed by atoms with E-state index < -0.39 is 23.7 Å². The molecule has 0 aliphatic heterocycles. The number of rotatable bonds is 4. The first kappa shape index (κ1) is 16.4. The van der Waals surface area contributed by atoms with Crippen molar-refractivity contribution in [2.75, 3.05) is 12.4 Å². The number of amides is 1. The van der Waals surface area contributed by atoms with E-state index >= 15 is 0 Å². The maximum atomic E-state index is 11.5. The van der Waals surface area contributed by atoms with Gasteiger partial charge in [0, 0.05) is 17.5 Å². The summed E-state index contributed by atoms with van der Waals surface area (Å²) in [5.41, 5.74) is 5.07. The Kier molecular flexibility index (Phi) is 5.46. The van der Waals surface area contributed by atoms with Gasteiger partial charge in [-0.25, -0.2) is 9.78 Å². The van der Waals surface area contributed by atoms with Gasteiger partial charge in [-0.15, -0.1) is 11.3 Å². The van der Waals surface area contributed by atoms with E-state index in [4.69, 9.17) is 10.5 Å². The first-order valence-electron chi connectivity index (χ1n) is 5.99. The molecule has 1 atom stereocenters. The molecule has 1 amide bonds. The molecule has 0 aliphatic carbocycles. The van der Waals surface area contributed by atoms with Crippen molar-refractivity contribution in [3.8, 4) is 0 Å². The monoisotopic (exact) mass is 301 g/mol. The lowest BCUT2D eigenvalue weighted by molar-refractivity contribution is -0.142. The number of ether oxygens (including phenoxy) is 2. The van der Waals surface area contributed by atoms with Crippen molar-refractivity contribution in [3.05, 3.63) is 11.1 Å². The second-order valence-electron chi connectivity index (χ2n) is 5.09. The third-order valence-corrected chi connectivity index (χ3v) is 3.02. The topological polar surface area (TPSA) is 104 Å². The normalized spacial score (nSPS) is 12.7. The average molecular weight is 301 g/mol. The number of methoxy groups -OCH3 is 1. The molecule has 0 spiro atoms. The predicted octanol–water partition coefficient (Wildman–Crippen LogP) is 1.53. The molecule has 1 aromatic heterocycles. The molecule has 0 saturated heterocycles. The van der Waals surface area contributed by atoms with Crippen molar-refractivity contribution < 1.29 is 19.1 Å². The lowest BCUT2D eigenvalue weighted by Crippen LogP contribution is -2.33. The van der Waals surface area contributed by atoms with Gasteiger partial charge < -0.3 is 15.2 Å². The van der Waals surface area contributed by atoms with Gasteiger partial charge in [0.05, 0.1) is 7.11 Å². The van der Waals surface area contributed by atoms with Crippen molar-refractivity contribution in [1.82, 2.24) is 4.98 Å². The van der Waals surface area contributed by atoms with Crippen LogP contribution in [-0.4, -0.2) is 35.8 Å². The number of thiazole rings is 1. The van der Waals surface area contributed by atoms with Gasteiger partial charge in [-0.2, -0.15) is 0 Å². The third kappa shape index (κ3) is 5.54. The smallest absolute Gasteiger partial charge is 0.413 e. The quantitative estimate of drug-likeness (QED) is 0.817. The van der Waals surface area contributed by atoms with Crippen molar-refractivity contribution in [2.24, 2.45) is 5.73 Å². The first-order chi connectivity index (χ1) is 9.21. The van der Waals surface area contributed by atoms with Crippen LogP contribution >= 0.6 is 11.3 Å². The standard InChI is InChI=1S/C12H19N3O4S/c1-12(2,3)19-11(17)15-10-14-6-7(20-10)5-8(13)9(16)18-4/h6,8H,5,13H2,1-4H3,(H,14,15,17)/t8-/m1/s1. The fraction of sp³-hybridized carbons (Fsp3) is 0.583. The number of hydrogen-bond donors (Lipinski definition) is 2. The molecule has 0 aliphatic rings. The Morgan fingerprint density at radius 1 is 1.50 bits per heavy atom. The van der Waals surface area contributed by atoms with Crippen LogP contribution in [0.15, 0.2) is 6.20 Å². The zero-order valence-corrected chi connectivity index (χ0v) is 12.7. The Bertz CT molecular complexity index is 481. The molecule has 112 valence electrons. The maximum Gasteiger partial charge on any atom is 0.413 e. The highest BCUT2D eigenvalue weighted by atomic mass is 32.1. The number of carbonyl (C=O) groups is 2. The fourth-order valence-corrected chi connectivity index (χ4v) is 2.16. The summed E-state index contributed by atoms with van der Waals surface area (Å²) >= 11 is 1.23. The molecule has 0 fully saturated rings. The summed E-state index contributed by atoms with van der Waals surface area (Å²) in [6.45, 7) is 5.32. The third-order valence-electron chi connectivity index (χ3n) is 2.09. The van der Waals surface area contributed by atoms with Crippen LogP contribution in [0.5, 0.6) is 0 Å². The maximum absolute atomic E-state index is 11.5. The molecule has 20 heavy (non-hydrogen) atoms. The molecule has 1 heterocycles. The highest BCUT2D eigenvalue weighted by Crippen LogP contribution is 2.20. The van der Waals surface area contributed by atoms with E-state index in [1.165, 1.54) is 18.4 Å². The fourth-order valence-electron chi connectivity index (χ4n) is 1.30. The predicted molar refractivity (Wildman–Crippen MR) is 75.7 cm³/mol. The number of esters is 1. The second kappa shape index (κ2) is 6.67. The highest BCUT2D eigenvalue weighted by Gasteiger charge is 2.19. The summed E-state index contributed by atoms with van der Waals surface area (Å²) in [5.74, 6) is -0.486. The molecule has 0 unspecified atom stereocenters. The van der Waals surface area contributed by atoms with E-state index in [9.17, 15) is 9.59 Å². The van der Waals surface area contributed by atoms with Crippen LogP contribution in [0.1, 0.15) is 25.6 Å². The van der Waals surface area contributed by atoms with Crippen LogP contribution in [0.3, 0.4) is 0 Å². The lowest BCUT2D eigenvalue weighted by Gasteiger charge is -2.18. The minimum Gasteiger partial charge on any atom is -0.468 e. The van der Waals surface area contributed by atoms with Gasteiger partial charge in [-0.3, -0.25) is 10.1 Å². The number of nitrogens with zero attached hydrogens (tertiary/aromatic N) is 1. The highest BCUT2D eigenvalue weighted by molar-refractivity contribution is 7.15. The van der Waals surface area contributed by atoms with Crippen molar-refractivity contribution in [3.63, 3.8) is 0 Å². The largest absolute Gasteiger partial charge is 0.468 e. The molecule has 0 radical (unpaired) electrons. The Labute approximate surface area is 121 Å². The molecule has 0 saturated carbocycles. The van der Waals surface area contributed by atoms with Crippen molar-refractivity contribution >= 4 is 28.5 Å². The van der Waals surface area contributed by atoms with E-state index in [1.54, 1.807) is 27.0 Å². The van der Waals surface area contributed by atoms with E-state index in [0.717, 1.165) is 4.88 Å². The molecular formula is C12H19N3O4S. The van der Waals surface area contributed by atoms with Crippen LogP contribution < -0.4 is 11.1 Å². The Hall–Kier alpha value is -1.67. The van der Waals surface area contributed by atoms with E-state index in [0.29, 0.717) is 11.6 Å². The van der Waals surface area contributed by atoms with Gasteiger partial charge in [0.15, 0.2) is 5.13 Å². The zero-order chi connectivity index (χ0) is 15.3. The van der Waals surface area contributed by atoms with Gasteiger partial charge in [0.2, 0.25) is 0 Å². The lowest BCUT2D eigenvalue weighted by atomic mass is 10.2. The minimum absolute atomic E-state index is 0.306. The number of anilines is 1. The first-order valence-corrected chi connectivity index (χ1v) is 6.81. The van der Waals surface area contributed by atoms with Gasteiger partial charge >= 0.3 is 12.1 Å². The number of aromatic nitrogens is 1. The van der Waals surface area contributed by atoms with Gasteiger partial charge in [0.25, 0.3) is 0 Å². The van der Waals surface area contributed by atoms with Gasteiger partial charge in [-0.05, 0) is 20.8 Å². The van der Waals surface area contributed by atoms with E-state index in [-0.39, 0.29) is 0 Å². The number of carbonyl (C=O) groups excluding carboxylic acids is 2. The molecule has 1 rings (SSSR count). The van der Waals surface area contributed by atoms with Gasteiger partial charge in [0.1, 0.15) is 11.6 Å². The Morgan fingerprint density at radius 2 is 2.15 bits per heavy atom. The van der Waals surface area contributed by atoms with Gasteiger partial charge in [-0.1, -0.05) is 0 Å². The number of nitrogens with two attached hydrogens (primary N) is 1. The van der Waals surface area contributed by atoms with E-state index in [1.807, 2.05) is 0 Å². The molecule has 0 aromatic carbocycles.